The second-order valence-electron chi connectivity index (χ2n) is 4.77. The summed E-state index contributed by atoms with van der Waals surface area (Å²) < 4.78 is 6.29. The highest BCUT2D eigenvalue weighted by Gasteiger charge is 2.43. The Morgan fingerprint density at radius 2 is 1.86 bits per heavy atom. The highest BCUT2D eigenvalue weighted by Crippen LogP contribution is 2.36. The van der Waals surface area contributed by atoms with Gasteiger partial charge in [-0.2, -0.15) is 0 Å². The van der Waals surface area contributed by atoms with E-state index in [9.17, 15) is 0 Å². The smallest absolute Gasteiger partial charge is 0.203 e. The molecular formula is C9H18Cl2OSi2. The summed E-state index contributed by atoms with van der Waals surface area (Å²) in [4.78, 5) is 0. The highest BCUT2D eigenvalue weighted by molar-refractivity contribution is 6.93. The van der Waals surface area contributed by atoms with Crippen LogP contribution in [-0.4, -0.2) is 28.0 Å². The van der Waals surface area contributed by atoms with Crippen LogP contribution in [0.2, 0.25) is 25.7 Å². The number of hydrogen-bond donors (Lipinski definition) is 0. The van der Waals surface area contributed by atoms with Crippen molar-refractivity contribution in [3.05, 3.63) is 10.8 Å². The van der Waals surface area contributed by atoms with Gasteiger partial charge in [0, 0.05) is 11.4 Å². The molecule has 1 aliphatic heterocycles. The van der Waals surface area contributed by atoms with Crippen LogP contribution in [0, 0.1) is 0 Å². The topological polar surface area (TPSA) is 9.23 Å². The van der Waals surface area contributed by atoms with Crippen molar-refractivity contribution >= 4 is 39.8 Å². The Labute approximate surface area is 98.7 Å². The maximum absolute atomic E-state index is 6.29. The standard InChI is InChI=1S/C9H18Cl2OSi2/c1-8-6-14(4,7-11)12-13(2,3)9(8)5-10/h5-7H2,1-4H3. The average Bonchev–Trinajstić information content (AvgIpc) is 2.01. The van der Waals surface area contributed by atoms with Crippen molar-refractivity contribution in [1.29, 1.82) is 0 Å². The summed E-state index contributed by atoms with van der Waals surface area (Å²) in [6.07, 6.45) is 0. The van der Waals surface area contributed by atoms with E-state index in [1.54, 1.807) is 0 Å². The fraction of sp³-hybridized carbons (Fsp3) is 0.778. The van der Waals surface area contributed by atoms with E-state index in [0.717, 1.165) is 6.04 Å². The first-order chi connectivity index (χ1) is 6.34. The second-order valence-corrected chi connectivity index (χ2v) is 13.8. The predicted octanol–water partition coefficient (Wildman–Crippen LogP) is 3.67. The maximum atomic E-state index is 6.29. The van der Waals surface area contributed by atoms with E-state index in [1.165, 1.54) is 10.8 Å². The molecule has 0 saturated heterocycles. The maximum Gasteiger partial charge on any atom is 0.203 e. The van der Waals surface area contributed by atoms with Crippen LogP contribution in [0.3, 0.4) is 0 Å². The predicted molar refractivity (Wildman–Crippen MR) is 69.1 cm³/mol. The molecule has 1 nitrogen and oxygen atoms in total. The third-order valence-electron chi connectivity index (χ3n) is 2.80. The first-order valence-corrected chi connectivity index (χ1v) is 11.7. The zero-order valence-electron chi connectivity index (χ0n) is 9.29. The molecule has 1 rings (SSSR count). The summed E-state index contributed by atoms with van der Waals surface area (Å²) >= 11 is 12.0. The van der Waals surface area contributed by atoms with Gasteiger partial charge in [0.15, 0.2) is 8.32 Å². The molecule has 0 aromatic carbocycles. The molecule has 0 bridgehead atoms. The molecule has 1 heterocycles. The molecule has 0 fully saturated rings. The molecule has 0 radical (unpaired) electrons. The molecule has 5 heteroatoms. The summed E-state index contributed by atoms with van der Waals surface area (Å²) in [5.41, 5.74) is 2.13. The fourth-order valence-corrected chi connectivity index (χ4v) is 13.2. The van der Waals surface area contributed by atoms with Crippen molar-refractivity contribution in [1.82, 2.24) is 0 Å². The molecule has 0 aliphatic carbocycles. The minimum absolute atomic E-state index is 0.623. The van der Waals surface area contributed by atoms with Crippen molar-refractivity contribution in [2.75, 3.05) is 11.4 Å². The molecule has 0 N–H and O–H groups in total. The van der Waals surface area contributed by atoms with Gasteiger partial charge in [-0.3, -0.25) is 0 Å². The SMILES string of the molecule is CC1=C(CCl)[Si](C)(C)O[Si](C)(CCl)C1. The number of halogens is 2. The van der Waals surface area contributed by atoms with Gasteiger partial charge in [0.2, 0.25) is 8.32 Å². The van der Waals surface area contributed by atoms with Crippen LogP contribution < -0.4 is 0 Å². The number of allylic oxidation sites excluding steroid dienone is 2. The lowest BCUT2D eigenvalue weighted by molar-refractivity contribution is 0.542. The van der Waals surface area contributed by atoms with E-state index in [0.29, 0.717) is 11.4 Å². The van der Waals surface area contributed by atoms with Crippen LogP contribution in [-0.2, 0) is 4.12 Å². The molecule has 0 saturated carbocycles. The molecule has 0 aromatic heterocycles. The summed E-state index contributed by atoms with van der Waals surface area (Å²) in [6, 6.07) is 1.05. The van der Waals surface area contributed by atoms with Crippen LogP contribution in [0.25, 0.3) is 0 Å². The Kier molecular flexibility index (Phi) is 3.92. The van der Waals surface area contributed by atoms with E-state index < -0.39 is 16.6 Å². The van der Waals surface area contributed by atoms with Gasteiger partial charge in [0.05, 0.1) is 0 Å². The molecule has 14 heavy (non-hydrogen) atoms. The van der Waals surface area contributed by atoms with Gasteiger partial charge in [-0.15, -0.1) is 23.2 Å². The fourth-order valence-electron chi connectivity index (χ4n) is 2.24. The molecule has 0 spiro atoms. The number of rotatable bonds is 2. The largest absolute Gasteiger partial charge is 0.451 e. The first kappa shape index (κ1) is 12.8. The quantitative estimate of drug-likeness (QED) is 0.549. The summed E-state index contributed by atoms with van der Waals surface area (Å²) in [5, 5.41) is 1.37. The third-order valence-corrected chi connectivity index (χ3v) is 12.9. The minimum atomic E-state index is -1.71. The van der Waals surface area contributed by atoms with Crippen molar-refractivity contribution in [2.24, 2.45) is 0 Å². The van der Waals surface area contributed by atoms with E-state index in [1.807, 2.05) is 0 Å². The van der Waals surface area contributed by atoms with Crippen LogP contribution in [0.15, 0.2) is 10.8 Å². The lowest BCUT2D eigenvalue weighted by atomic mass is 10.3. The van der Waals surface area contributed by atoms with Gasteiger partial charge in [-0.25, -0.2) is 0 Å². The molecule has 82 valence electrons. The molecular weight excluding hydrogens is 251 g/mol. The molecule has 0 amide bonds. The summed E-state index contributed by atoms with van der Waals surface area (Å²) in [7, 11) is -3.37. The van der Waals surface area contributed by atoms with E-state index in [-0.39, 0.29) is 0 Å². The Morgan fingerprint density at radius 1 is 1.29 bits per heavy atom. The van der Waals surface area contributed by atoms with Crippen LogP contribution >= 0.6 is 23.2 Å². The lowest BCUT2D eigenvalue weighted by Crippen LogP contribution is -2.53. The second kappa shape index (κ2) is 4.30. The van der Waals surface area contributed by atoms with Crippen LogP contribution in [0.4, 0.5) is 0 Å². The normalized spacial score (nSPS) is 32.1. The average molecular weight is 269 g/mol. The van der Waals surface area contributed by atoms with Gasteiger partial charge in [0.25, 0.3) is 0 Å². The minimum Gasteiger partial charge on any atom is -0.451 e. The van der Waals surface area contributed by atoms with Gasteiger partial charge in [0.1, 0.15) is 0 Å². The number of alkyl halides is 2. The van der Waals surface area contributed by atoms with Crippen molar-refractivity contribution in [3.63, 3.8) is 0 Å². The van der Waals surface area contributed by atoms with Gasteiger partial charge >= 0.3 is 0 Å². The Balaban J connectivity index is 3.05. The van der Waals surface area contributed by atoms with Gasteiger partial charge < -0.3 is 4.12 Å². The van der Waals surface area contributed by atoms with Gasteiger partial charge in [-0.1, -0.05) is 5.57 Å². The van der Waals surface area contributed by atoms with Crippen molar-refractivity contribution < 1.29 is 4.12 Å². The summed E-state index contributed by atoms with van der Waals surface area (Å²) in [5.74, 6) is 0.623. The lowest BCUT2D eigenvalue weighted by Gasteiger charge is -2.42. The monoisotopic (exact) mass is 268 g/mol. The highest BCUT2D eigenvalue weighted by atomic mass is 35.5. The Hall–Kier alpha value is 0.714. The Bertz CT molecular complexity index is 266. The van der Waals surface area contributed by atoms with Gasteiger partial charge in [-0.05, 0) is 37.8 Å². The molecule has 1 aliphatic rings. The van der Waals surface area contributed by atoms with E-state index in [2.05, 4.69) is 26.6 Å². The third kappa shape index (κ3) is 2.44. The van der Waals surface area contributed by atoms with Crippen LogP contribution in [0.1, 0.15) is 6.92 Å². The van der Waals surface area contributed by atoms with Crippen molar-refractivity contribution in [3.8, 4) is 0 Å². The molecule has 1 unspecified atom stereocenters. The Morgan fingerprint density at radius 3 is 2.21 bits per heavy atom. The molecule has 0 aromatic rings. The zero-order chi connectivity index (χ0) is 11.0. The molecule has 1 atom stereocenters. The zero-order valence-corrected chi connectivity index (χ0v) is 12.8. The van der Waals surface area contributed by atoms with Crippen molar-refractivity contribution in [2.45, 2.75) is 32.6 Å². The van der Waals surface area contributed by atoms with Crippen LogP contribution in [0.5, 0.6) is 0 Å². The summed E-state index contributed by atoms with van der Waals surface area (Å²) in [6.45, 7) is 8.87. The number of hydrogen-bond acceptors (Lipinski definition) is 1. The van der Waals surface area contributed by atoms with E-state index >= 15 is 0 Å². The van der Waals surface area contributed by atoms with E-state index in [4.69, 9.17) is 27.3 Å². The first-order valence-electron chi connectivity index (χ1n) is 4.86.